The minimum absolute atomic E-state index is 0.114. The SMILES string of the molecule is Cc1ccc(C(=O)[C@H](C)OC(=O)/C=C/c2cc(Cl)c3c(c2)OCO3)cc1. The zero-order chi connectivity index (χ0) is 18.7. The first-order valence-corrected chi connectivity index (χ1v) is 8.40. The van der Waals surface area contributed by atoms with E-state index in [2.05, 4.69) is 0 Å². The maximum Gasteiger partial charge on any atom is 0.331 e. The Bertz CT molecular complexity index is 871. The minimum atomic E-state index is -0.879. The number of hydrogen-bond acceptors (Lipinski definition) is 5. The van der Waals surface area contributed by atoms with Crippen molar-refractivity contribution in [3.63, 3.8) is 0 Å². The molecule has 3 rings (SSSR count). The quantitative estimate of drug-likeness (QED) is 0.447. The number of halogens is 1. The molecule has 0 aliphatic carbocycles. The number of hydrogen-bond donors (Lipinski definition) is 0. The van der Waals surface area contributed by atoms with Crippen molar-refractivity contribution in [2.45, 2.75) is 20.0 Å². The Balaban J connectivity index is 1.63. The molecule has 6 heteroatoms. The minimum Gasteiger partial charge on any atom is -0.454 e. The zero-order valence-electron chi connectivity index (χ0n) is 14.3. The molecule has 1 aliphatic heterocycles. The number of rotatable bonds is 5. The first kappa shape index (κ1) is 18.0. The van der Waals surface area contributed by atoms with E-state index in [9.17, 15) is 9.59 Å². The van der Waals surface area contributed by atoms with Crippen LogP contribution in [0.3, 0.4) is 0 Å². The smallest absolute Gasteiger partial charge is 0.331 e. The van der Waals surface area contributed by atoms with Gasteiger partial charge in [-0.15, -0.1) is 0 Å². The van der Waals surface area contributed by atoms with Gasteiger partial charge in [-0.1, -0.05) is 41.4 Å². The second kappa shape index (κ2) is 7.62. The molecule has 134 valence electrons. The van der Waals surface area contributed by atoms with Gasteiger partial charge in [0.15, 0.2) is 17.6 Å². The topological polar surface area (TPSA) is 61.8 Å². The third kappa shape index (κ3) is 4.06. The largest absolute Gasteiger partial charge is 0.454 e. The third-order valence-corrected chi connectivity index (χ3v) is 4.14. The van der Waals surface area contributed by atoms with Gasteiger partial charge in [-0.25, -0.2) is 4.79 Å². The lowest BCUT2D eigenvalue weighted by molar-refractivity contribution is -0.140. The van der Waals surface area contributed by atoms with Crippen LogP contribution in [-0.4, -0.2) is 24.6 Å². The molecule has 1 heterocycles. The lowest BCUT2D eigenvalue weighted by atomic mass is 10.1. The number of carbonyl (C=O) groups excluding carboxylic acids is 2. The molecule has 0 fully saturated rings. The highest BCUT2D eigenvalue weighted by Gasteiger charge is 2.19. The van der Waals surface area contributed by atoms with Crippen molar-refractivity contribution in [3.05, 3.63) is 64.2 Å². The van der Waals surface area contributed by atoms with Crippen LogP contribution in [0.2, 0.25) is 5.02 Å². The average Bonchev–Trinajstić information content (AvgIpc) is 3.09. The Kier molecular flexibility index (Phi) is 5.28. The Morgan fingerprint density at radius 1 is 1.19 bits per heavy atom. The van der Waals surface area contributed by atoms with Gasteiger partial charge >= 0.3 is 5.97 Å². The molecule has 1 atom stereocenters. The molecule has 0 saturated carbocycles. The van der Waals surface area contributed by atoms with E-state index in [1.54, 1.807) is 37.3 Å². The summed E-state index contributed by atoms with van der Waals surface area (Å²) in [6.07, 6.45) is 1.90. The van der Waals surface area contributed by atoms with E-state index in [1.165, 1.54) is 6.08 Å². The van der Waals surface area contributed by atoms with Gasteiger partial charge in [0, 0.05) is 11.6 Å². The summed E-state index contributed by atoms with van der Waals surface area (Å²) in [4.78, 5) is 24.3. The van der Waals surface area contributed by atoms with Gasteiger partial charge in [0.1, 0.15) is 0 Å². The lowest BCUT2D eigenvalue weighted by Crippen LogP contribution is -2.23. The summed E-state index contributed by atoms with van der Waals surface area (Å²) in [5.74, 6) is 0.141. The molecule has 0 aromatic heterocycles. The van der Waals surface area contributed by atoms with Crippen molar-refractivity contribution in [3.8, 4) is 11.5 Å². The number of aryl methyl sites for hydroxylation is 1. The molecule has 2 aromatic rings. The van der Waals surface area contributed by atoms with E-state index in [0.717, 1.165) is 5.56 Å². The summed E-state index contributed by atoms with van der Waals surface area (Å²) in [6.45, 7) is 3.60. The first-order valence-electron chi connectivity index (χ1n) is 8.03. The number of ether oxygens (including phenoxy) is 3. The Labute approximate surface area is 156 Å². The van der Waals surface area contributed by atoms with Crippen molar-refractivity contribution in [1.29, 1.82) is 0 Å². The fourth-order valence-electron chi connectivity index (χ4n) is 2.47. The van der Waals surface area contributed by atoms with Crippen LogP contribution in [0.15, 0.2) is 42.5 Å². The van der Waals surface area contributed by atoms with E-state index in [4.69, 9.17) is 25.8 Å². The molecule has 0 radical (unpaired) electrons. The summed E-state index contributed by atoms with van der Waals surface area (Å²) in [6, 6.07) is 10.5. The van der Waals surface area contributed by atoms with Gasteiger partial charge in [-0.05, 0) is 37.6 Å². The molecule has 0 bridgehead atoms. The Morgan fingerprint density at radius 2 is 1.92 bits per heavy atom. The van der Waals surface area contributed by atoms with E-state index in [0.29, 0.717) is 27.6 Å². The number of Topliss-reactive ketones (excluding diaryl/α,β-unsaturated/α-hetero) is 1. The lowest BCUT2D eigenvalue weighted by Gasteiger charge is -2.11. The number of fused-ring (bicyclic) bond motifs is 1. The summed E-state index contributed by atoms with van der Waals surface area (Å²) in [7, 11) is 0. The average molecular weight is 373 g/mol. The number of carbonyl (C=O) groups is 2. The molecule has 0 spiro atoms. The number of esters is 1. The third-order valence-electron chi connectivity index (χ3n) is 3.86. The van der Waals surface area contributed by atoms with Crippen LogP contribution in [-0.2, 0) is 9.53 Å². The molecular formula is C20H17ClO5. The van der Waals surface area contributed by atoms with Crippen LogP contribution in [0, 0.1) is 6.92 Å². The maximum absolute atomic E-state index is 12.3. The molecular weight excluding hydrogens is 356 g/mol. The van der Waals surface area contributed by atoms with Crippen LogP contribution in [0.5, 0.6) is 11.5 Å². The Morgan fingerprint density at radius 3 is 2.65 bits per heavy atom. The van der Waals surface area contributed by atoms with Gasteiger partial charge in [0.05, 0.1) is 5.02 Å². The van der Waals surface area contributed by atoms with Crippen LogP contribution in [0.4, 0.5) is 0 Å². The second-order valence-corrected chi connectivity index (χ2v) is 6.29. The molecule has 2 aromatic carbocycles. The van der Waals surface area contributed by atoms with Crippen molar-refractivity contribution in [2.24, 2.45) is 0 Å². The molecule has 5 nitrogen and oxygen atoms in total. The van der Waals surface area contributed by atoms with Crippen LogP contribution >= 0.6 is 11.6 Å². The fourth-order valence-corrected chi connectivity index (χ4v) is 2.74. The molecule has 0 unspecified atom stereocenters. The van der Waals surface area contributed by atoms with Crippen LogP contribution in [0.1, 0.15) is 28.4 Å². The summed E-state index contributed by atoms with van der Waals surface area (Å²) < 4.78 is 15.7. The van der Waals surface area contributed by atoms with Crippen LogP contribution < -0.4 is 9.47 Å². The first-order chi connectivity index (χ1) is 12.4. The predicted octanol–water partition coefficient (Wildman–Crippen LogP) is 4.20. The monoisotopic (exact) mass is 372 g/mol. The summed E-state index contributed by atoms with van der Waals surface area (Å²) in [5, 5.41) is 0.399. The normalized spacial score (nSPS) is 13.7. The molecule has 1 aliphatic rings. The highest BCUT2D eigenvalue weighted by atomic mass is 35.5. The zero-order valence-corrected chi connectivity index (χ0v) is 15.1. The van der Waals surface area contributed by atoms with Crippen molar-refractivity contribution in [1.82, 2.24) is 0 Å². The number of ketones is 1. The van der Waals surface area contributed by atoms with Gasteiger partial charge in [0.2, 0.25) is 12.6 Å². The van der Waals surface area contributed by atoms with E-state index < -0.39 is 12.1 Å². The molecule has 26 heavy (non-hydrogen) atoms. The fraction of sp³-hybridized carbons (Fsp3) is 0.200. The summed E-state index contributed by atoms with van der Waals surface area (Å²) >= 11 is 6.10. The summed E-state index contributed by atoms with van der Waals surface area (Å²) in [5.41, 5.74) is 2.22. The highest BCUT2D eigenvalue weighted by Crippen LogP contribution is 2.40. The van der Waals surface area contributed by atoms with Gasteiger partial charge < -0.3 is 14.2 Å². The highest BCUT2D eigenvalue weighted by molar-refractivity contribution is 6.32. The van der Waals surface area contributed by atoms with Crippen molar-refractivity contribution >= 4 is 29.4 Å². The molecule has 0 amide bonds. The van der Waals surface area contributed by atoms with Gasteiger partial charge in [-0.2, -0.15) is 0 Å². The van der Waals surface area contributed by atoms with E-state index in [1.807, 2.05) is 19.1 Å². The van der Waals surface area contributed by atoms with Crippen molar-refractivity contribution < 1.29 is 23.8 Å². The van der Waals surface area contributed by atoms with Crippen LogP contribution in [0.25, 0.3) is 6.08 Å². The standard InChI is InChI=1S/C20H17ClO5/c1-12-3-6-15(7-4-12)19(23)13(2)26-18(22)8-5-14-9-16(21)20-17(10-14)24-11-25-20/h3-10,13H,11H2,1-2H3/b8-5+/t13-/m0/s1. The second-order valence-electron chi connectivity index (χ2n) is 5.88. The maximum atomic E-state index is 12.3. The number of benzene rings is 2. The van der Waals surface area contributed by atoms with E-state index >= 15 is 0 Å². The Hall–Kier alpha value is -2.79. The van der Waals surface area contributed by atoms with E-state index in [-0.39, 0.29) is 12.6 Å². The van der Waals surface area contributed by atoms with Gasteiger partial charge in [-0.3, -0.25) is 4.79 Å². The molecule has 0 N–H and O–H groups in total. The predicted molar refractivity (Wildman–Crippen MR) is 97.7 cm³/mol. The molecule has 0 saturated heterocycles. The van der Waals surface area contributed by atoms with Gasteiger partial charge in [0.25, 0.3) is 0 Å². The van der Waals surface area contributed by atoms with Crippen molar-refractivity contribution in [2.75, 3.05) is 6.79 Å².